The van der Waals surface area contributed by atoms with Crippen molar-refractivity contribution in [2.75, 3.05) is 25.2 Å². The molecule has 0 aliphatic rings. The summed E-state index contributed by atoms with van der Waals surface area (Å²) in [4.78, 5) is 0. The van der Waals surface area contributed by atoms with E-state index in [1.807, 2.05) is 0 Å². The van der Waals surface area contributed by atoms with Crippen LogP contribution >= 0.6 is 0 Å². The molecule has 0 saturated heterocycles. The highest BCUT2D eigenvalue weighted by Gasteiger charge is 2.07. The second kappa shape index (κ2) is 16.6. The molecule has 0 aromatic carbocycles. The largest absolute Gasteiger partial charge is 0.617 e. The lowest BCUT2D eigenvalue weighted by Gasteiger charge is -2.11. The van der Waals surface area contributed by atoms with Gasteiger partial charge < -0.3 is 14.4 Å². The molecule has 0 amide bonds. The number of hydrogen-bond donors (Lipinski definition) is 1. The quantitative estimate of drug-likeness (QED) is 0.345. The Kier molecular flexibility index (Phi) is 16.8. The standard InChI is InChI=1S/C17H36O3S/c1-3-4-5-6-7-8-9-10-11-12-14-20-16-17(18)13-15-21(2)19/h17-18H,3-16H2,1-2H3. The number of ether oxygens (including phenoxy) is 1. The van der Waals surface area contributed by atoms with E-state index >= 15 is 0 Å². The Labute approximate surface area is 135 Å². The zero-order valence-corrected chi connectivity index (χ0v) is 15.0. The summed E-state index contributed by atoms with van der Waals surface area (Å²) < 4.78 is 16.3. The van der Waals surface area contributed by atoms with Crippen LogP contribution in [0.1, 0.15) is 77.6 Å². The molecule has 0 spiro atoms. The molecule has 3 nitrogen and oxygen atoms in total. The van der Waals surface area contributed by atoms with Crippen LogP contribution < -0.4 is 0 Å². The average molecular weight is 321 g/mol. The highest BCUT2D eigenvalue weighted by Crippen LogP contribution is 2.10. The van der Waals surface area contributed by atoms with Crippen LogP contribution in [0.3, 0.4) is 0 Å². The van der Waals surface area contributed by atoms with Crippen LogP contribution in [-0.4, -0.2) is 41.0 Å². The van der Waals surface area contributed by atoms with Crippen molar-refractivity contribution in [1.82, 2.24) is 0 Å². The van der Waals surface area contributed by atoms with E-state index in [4.69, 9.17) is 4.74 Å². The molecule has 0 radical (unpaired) electrons. The van der Waals surface area contributed by atoms with Crippen molar-refractivity contribution in [1.29, 1.82) is 0 Å². The summed E-state index contributed by atoms with van der Waals surface area (Å²) in [6.45, 7) is 3.38. The minimum Gasteiger partial charge on any atom is -0.617 e. The van der Waals surface area contributed by atoms with Crippen LogP contribution in [0.25, 0.3) is 0 Å². The van der Waals surface area contributed by atoms with Crippen LogP contribution in [0, 0.1) is 0 Å². The summed E-state index contributed by atoms with van der Waals surface area (Å²) in [7, 11) is 0. The van der Waals surface area contributed by atoms with Gasteiger partial charge in [-0.15, -0.1) is 0 Å². The second-order valence-electron chi connectivity index (χ2n) is 5.98. The Bertz CT molecular complexity index is 200. The number of rotatable bonds is 16. The van der Waals surface area contributed by atoms with Crippen LogP contribution in [0.2, 0.25) is 0 Å². The molecule has 1 N–H and O–H groups in total. The second-order valence-corrected chi connectivity index (χ2v) is 7.53. The number of unbranched alkanes of at least 4 members (excludes halogenated alkanes) is 9. The first-order valence-corrected chi connectivity index (χ1v) is 10.4. The Balaban J connectivity index is 3.08. The van der Waals surface area contributed by atoms with Gasteiger partial charge in [-0.3, -0.25) is 0 Å². The van der Waals surface area contributed by atoms with Crippen molar-refractivity contribution in [3.63, 3.8) is 0 Å². The highest BCUT2D eigenvalue weighted by atomic mass is 32.2. The average Bonchev–Trinajstić information content (AvgIpc) is 2.46. The normalized spacial score (nSPS) is 14.3. The van der Waals surface area contributed by atoms with E-state index in [9.17, 15) is 9.66 Å². The van der Waals surface area contributed by atoms with Crippen molar-refractivity contribution in [3.8, 4) is 0 Å². The molecule has 128 valence electrons. The van der Waals surface area contributed by atoms with Crippen molar-refractivity contribution >= 4 is 11.2 Å². The fourth-order valence-electron chi connectivity index (χ4n) is 2.30. The SMILES string of the molecule is CCCCCCCCCCCCOCC(O)CC[S+](C)[O-]. The lowest BCUT2D eigenvalue weighted by molar-refractivity contribution is 0.0338. The smallest absolute Gasteiger partial charge is 0.107 e. The Morgan fingerprint density at radius 1 is 0.952 bits per heavy atom. The first-order valence-electron chi connectivity index (χ1n) is 8.72. The van der Waals surface area contributed by atoms with Crippen LogP contribution in [-0.2, 0) is 15.9 Å². The lowest BCUT2D eigenvalue weighted by atomic mass is 10.1. The Morgan fingerprint density at radius 2 is 1.48 bits per heavy atom. The van der Waals surface area contributed by atoms with Gasteiger partial charge in [0.15, 0.2) is 0 Å². The van der Waals surface area contributed by atoms with E-state index in [2.05, 4.69) is 6.92 Å². The van der Waals surface area contributed by atoms with Gasteiger partial charge in [0.2, 0.25) is 0 Å². The fourth-order valence-corrected chi connectivity index (χ4v) is 2.90. The zero-order valence-electron chi connectivity index (χ0n) is 14.1. The highest BCUT2D eigenvalue weighted by molar-refractivity contribution is 7.90. The third-order valence-electron chi connectivity index (χ3n) is 3.69. The molecular weight excluding hydrogens is 284 g/mol. The van der Waals surface area contributed by atoms with Gasteiger partial charge in [-0.2, -0.15) is 0 Å². The van der Waals surface area contributed by atoms with Crippen molar-refractivity contribution in [2.24, 2.45) is 0 Å². The summed E-state index contributed by atoms with van der Waals surface area (Å²) in [6, 6.07) is 0. The third-order valence-corrected chi connectivity index (χ3v) is 4.50. The molecule has 4 heteroatoms. The Morgan fingerprint density at radius 3 is 2.00 bits per heavy atom. The minimum atomic E-state index is -0.819. The minimum absolute atomic E-state index is 0.384. The van der Waals surface area contributed by atoms with Gasteiger partial charge in [-0.05, 0) is 6.42 Å². The lowest BCUT2D eigenvalue weighted by Crippen LogP contribution is -2.19. The van der Waals surface area contributed by atoms with Crippen molar-refractivity contribution < 1.29 is 14.4 Å². The maximum Gasteiger partial charge on any atom is 0.107 e. The van der Waals surface area contributed by atoms with E-state index in [1.165, 1.54) is 57.8 Å². The first kappa shape index (κ1) is 21.2. The van der Waals surface area contributed by atoms with E-state index in [0.717, 1.165) is 13.0 Å². The van der Waals surface area contributed by atoms with Gasteiger partial charge >= 0.3 is 0 Å². The Hall–Kier alpha value is 0.230. The molecule has 0 bridgehead atoms. The van der Waals surface area contributed by atoms with E-state index in [0.29, 0.717) is 18.8 Å². The monoisotopic (exact) mass is 320 g/mol. The number of aliphatic hydroxyl groups excluding tert-OH is 1. The summed E-state index contributed by atoms with van der Waals surface area (Å²) >= 11 is -0.819. The number of aliphatic hydroxyl groups is 1. The van der Waals surface area contributed by atoms with Gasteiger partial charge in [0.1, 0.15) is 5.75 Å². The van der Waals surface area contributed by atoms with Gasteiger partial charge in [0, 0.05) is 13.0 Å². The summed E-state index contributed by atoms with van der Waals surface area (Å²) in [5.41, 5.74) is 0. The molecule has 2 unspecified atom stereocenters. The van der Waals surface area contributed by atoms with E-state index in [-0.39, 0.29) is 0 Å². The molecule has 0 heterocycles. The maximum absolute atomic E-state index is 10.9. The first-order chi connectivity index (χ1) is 10.2. The van der Waals surface area contributed by atoms with Crippen LogP contribution in [0.4, 0.5) is 0 Å². The summed E-state index contributed by atoms with van der Waals surface area (Å²) in [5.74, 6) is 0.558. The van der Waals surface area contributed by atoms with Crippen molar-refractivity contribution in [2.45, 2.75) is 83.7 Å². The van der Waals surface area contributed by atoms with Crippen LogP contribution in [0.15, 0.2) is 0 Å². The molecule has 0 aromatic heterocycles. The topological polar surface area (TPSA) is 52.5 Å². The van der Waals surface area contributed by atoms with Crippen molar-refractivity contribution in [3.05, 3.63) is 0 Å². The zero-order chi connectivity index (χ0) is 15.8. The summed E-state index contributed by atoms with van der Waals surface area (Å²) in [6.07, 6.45) is 15.0. The molecule has 0 aliphatic heterocycles. The van der Waals surface area contributed by atoms with Crippen LogP contribution in [0.5, 0.6) is 0 Å². The predicted molar refractivity (Wildman–Crippen MR) is 92.2 cm³/mol. The fraction of sp³-hybridized carbons (Fsp3) is 1.00. The molecular formula is C17H36O3S. The van der Waals surface area contributed by atoms with Gasteiger partial charge in [0.05, 0.1) is 19.0 Å². The molecule has 0 fully saturated rings. The predicted octanol–water partition coefficient (Wildman–Crippen LogP) is 4.05. The number of hydrogen-bond acceptors (Lipinski definition) is 3. The van der Waals surface area contributed by atoms with Gasteiger partial charge in [0.25, 0.3) is 0 Å². The van der Waals surface area contributed by atoms with E-state index < -0.39 is 17.3 Å². The van der Waals surface area contributed by atoms with Gasteiger partial charge in [-0.1, -0.05) is 75.9 Å². The molecule has 0 aromatic rings. The molecule has 2 atom stereocenters. The molecule has 0 aliphatic carbocycles. The molecule has 21 heavy (non-hydrogen) atoms. The van der Waals surface area contributed by atoms with E-state index in [1.54, 1.807) is 6.26 Å². The molecule has 0 saturated carbocycles. The third kappa shape index (κ3) is 18.2. The van der Waals surface area contributed by atoms with Gasteiger partial charge in [-0.25, -0.2) is 0 Å². The summed E-state index contributed by atoms with van der Waals surface area (Å²) in [5, 5.41) is 9.60. The molecule has 0 rings (SSSR count). The maximum atomic E-state index is 10.9.